The van der Waals surface area contributed by atoms with Crippen LogP contribution in [-0.2, 0) is 0 Å². The second-order valence-corrected chi connectivity index (χ2v) is 7.67. The molecular formula is C22H30N6O2. The third-order valence-corrected chi connectivity index (χ3v) is 5.06. The highest BCUT2D eigenvalue weighted by Crippen LogP contribution is 2.25. The quantitative estimate of drug-likeness (QED) is 0.387. The Hall–Kier alpha value is -3.00. The molecule has 0 saturated heterocycles. The molecule has 0 saturated carbocycles. The molecule has 0 radical (unpaired) electrons. The van der Waals surface area contributed by atoms with E-state index < -0.39 is 0 Å². The molecule has 3 rings (SSSR count). The number of fused-ring (bicyclic) bond motifs is 1. The monoisotopic (exact) mass is 410 g/mol. The number of carbonyl (C=O) groups is 1. The number of unbranched alkanes of at least 4 members (excludes halogenated alkanes) is 1. The van der Waals surface area contributed by atoms with Crippen molar-refractivity contribution in [3.63, 3.8) is 0 Å². The molecule has 0 amide bonds. The average Bonchev–Trinajstić information content (AvgIpc) is 3.18. The van der Waals surface area contributed by atoms with Crippen LogP contribution in [0.3, 0.4) is 0 Å². The van der Waals surface area contributed by atoms with Gasteiger partial charge in [0.2, 0.25) is 11.8 Å². The van der Waals surface area contributed by atoms with Crippen molar-refractivity contribution >= 4 is 17.4 Å². The van der Waals surface area contributed by atoms with E-state index in [1.165, 1.54) is 0 Å². The number of carbonyl (C=O) groups excluding carboxylic acids is 1. The number of ketones is 1. The lowest BCUT2D eigenvalue weighted by Crippen LogP contribution is -2.17. The lowest BCUT2D eigenvalue weighted by atomic mass is 10.1. The van der Waals surface area contributed by atoms with Gasteiger partial charge in [-0.05, 0) is 49.9 Å². The van der Waals surface area contributed by atoms with Gasteiger partial charge in [0.1, 0.15) is 5.75 Å². The highest BCUT2D eigenvalue weighted by atomic mass is 16.5. The maximum absolute atomic E-state index is 12.7. The van der Waals surface area contributed by atoms with Crippen LogP contribution in [-0.4, -0.2) is 39.0 Å². The van der Waals surface area contributed by atoms with Gasteiger partial charge in [0.05, 0.1) is 19.3 Å². The number of methoxy groups -OCH3 is 1. The number of anilines is 1. The number of rotatable bonds is 10. The number of nitrogens with two attached hydrogens (primary N) is 1. The van der Waals surface area contributed by atoms with Crippen LogP contribution in [0.15, 0.2) is 30.5 Å². The van der Waals surface area contributed by atoms with Crippen LogP contribution in [0, 0.1) is 0 Å². The third-order valence-electron chi connectivity index (χ3n) is 5.06. The summed E-state index contributed by atoms with van der Waals surface area (Å²) >= 11 is 0. The largest absolute Gasteiger partial charge is 0.497 e. The summed E-state index contributed by atoms with van der Waals surface area (Å²) in [5.74, 6) is 1.62. The van der Waals surface area contributed by atoms with E-state index in [2.05, 4.69) is 34.2 Å². The molecule has 0 aliphatic rings. The van der Waals surface area contributed by atoms with Crippen LogP contribution in [0.1, 0.15) is 73.7 Å². The summed E-state index contributed by atoms with van der Waals surface area (Å²) in [5.41, 5.74) is 8.22. The zero-order valence-corrected chi connectivity index (χ0v) is 18.1. The molecule has 0 unspecified atom stereocenters. The van der Waals surface area contributed by atoms with E-state index in [9.17, 15) is 4.79 Å². The van der Waals surface area contributed by atoms with Gasteiger partial charge in [-0.15, -0.1) is 0 Å². The topological polar surface area (TPSA) is 107 Å². The van der Waals surface area contributed by atoms with Crippen LogP contribution in [0.5, 0.6) is 5.75 Å². The minimum atomic E-state index is -0.0843. The minimum absolute atomic E-state index is 0.0786. The Kier molecular flexibility index (Phi) is 6.99. The van der Waals surface area contributed by atoms with Crippen molar-refractivity contribution in [1.82, 2.24) is 19.6 Å². The predicted octanol–water partition coefficient (Wildman–Crippen LogP) is 3.74. The maximum atomic E-state index is 12.7. The summed E-state index contributed by atoms with van der Waals surface area (Å²) in [7, 11) is 1.64. The highest BCUT2D eigenvalue weighted by Gasteiger charge is 2.20. The van der Waals surface area contributed by atoms with E-state index in [4.69, 9.17) is 10.5 Å². The number of nitrogens with zero attached hydrogens (tertiary/aromatic N) is 4. The smallest absolute Gasteiger partial charge is 0.228 e. The summed E-state index contributed by atoms with van der Waals surface area (Å²) < 4.78 is 7.00. The van der Waals surface area contributed by atoms with Gasteiger partial charge in [-0.3, -0.25) is 4.79 Å². The zero-order chi connectivity index (χ0) is 21.7. The Labute approximate surface area is 176 Å². The van der Waals surface area contributed by atoms with E-state index in [1.807, 2.05) is 31.2 Å². The Morgan fingerprint density at radius 2 is 2.03 bits per heavy atom. The maximum Gasteiger partial charge on any atom is 0.228 e. The van der Waals surface area contributed by atoms with Gasteiger partial charge in [0, 0.05) is 12.0 Å². The molecule has 0 fully saturated rings. The molecule has 3 N–H and O–H groups in total. The number of hydrogen-bond donors (Lipinski definition) is 2. The van der Waals surface area contributed by atoms with Gasteiger partial charge >= 0.3 is 0 Å². The summed E-state index contributed by atoms with van der Waals surface area (Å²) in [6, 6.07) is 7.75. The summed E-state index contributed by atoms with van der Waals surface area (Å²) in [4.78, 5) is 21.8. The SMILES string of the molecule is COc1cccc([C@H](C)Nc2nc(C(=O)CCCCN)nc3c(C(C)C)cnn23)c1. The first-order chi connectivity index (χ1) is 14.4. The summed E-state index contributed by atoms with van der Waals surface area (Å²) in [5, 5.41) is 7.86. The van der Waals surface area contributed by atoms with E-state index in [1.54, 1.807) is 17.8 Å². The van der Waals surface area contributed by atoms with E-state index in [-0.39, 0.29) is 23.6 Å². The molecule has 0 spiro atoms. The average molecular weight is 411 g/mol. The molecule has 0 aliphatic heterocycles. The van der Waals surface area contributed by atoms with Crippen molar-refractivity contribution < 1.29 is 9.53 Å². The summed E-state index contributed by atoms with van der Waals surface area (Å²) in [6.45, 7) is 6.75. The number of hydrogen-bond acceptors (Lipinski definition) is 7. The molecule has 0 aliphatic carbocycles. The van der Waals surface area contributed by atoms with Gasteiger partial charge in [0.25, 0.3) is 0 Å². The first-order valence-corrected chi connectivity index (χ1v) is 10.3. The Morgan fingerprint density at radius 3 is 2.73 bits per heavy atom. The fraction of sp³-hybridized carbons (Fsp3) is 0.455. The molecule has 1 atom stereocenters. The van der Waals surface area contributed by atoms with Crippen molar-refractivity contribution in [3.05, 3.63) is 47.4 Å². The molecule has 2 aromatic heterocycles. The lowest BCUT2D eigenvalue weighted by Gasteiger charge is -2.17. The van der Waals surface area contributed by atoms with E-state index in [0.29, 0.717) is 24.6 Å². The molecular weight excluding hydrogens is 380 g/mol. The first kappa shape index (κ1) is 21.7. The van der Waals surface area contributed by atoms with Crippen LogP contribution in [0.4, 0.5) is 5.95 Å². The van der Waals surface area contributed by atoms with Crippen molar-refractivity contribution in [3.8, 4) is 5.75 Å². The number of benzene rings is 1. The molecule has 0 bridgehead atoms. The van der Waals surface area contributed by atoms with Crippen LogP contribution in [0.2, 0.25) is 0 Å². The highest BCUT2D eigenvalue weighted by molar-refractivity contribution is 5.93. The van der Waals surface area contributed by atoms with Gasteiger partial charge in [-0.25, -0.2) is 4.98 Å². The standard InChI is InChI=1S/C22H30N6O2/c1-14(2)18-13-24-28-21(18)26-20(19(29)10-5-6-11-23)27-22(28)25-15(3)16-8-7-9-17(12-16)30-4/h7-9,12-15H,5-6,10-11,23H2,1-4H3,(H,25,26,27)/t15-/m0/s1. The summed E-state index contributed by atoms with van der Waals surface area (Å²) in [6.07, 6.45) is 3.70. The number of nitrogens with one attached hydrogen (secondary N) is 1. The Bertz CT molecular complexity index is 1010. The van der Waals surface area contributed by atoms with Crippen molar-refractivity contribution in [1.29, 1.82) is 0 Å². The number of Topliss-reactive ketones (excluding diaryl/α,β-unsaturated/α-hetero) is 1. The molecule has 8 heteroatoms. The molecule has 30 heavy (non-hydrogen) atoms. The Balaban J connectivity index is 1.98. The molecule has 160 valence electrons. The van der Waals surface area contributed by atoms with Crippen LogP contribution in [0.25, 0.3) is 5.65 Å². The fourth-order valence-electron chi connectivity index (χ4n) is 3.25. The van der Waals surface area contributed by atoms with Crippen molar-refractivity contribution in [2.24, 2.45) is 5.73 Å². The third kappa shape index (κ3) is 4.76. The Morgan fingerprint density at radius 1 is 1.23 bits per heavy atom. The second kappa shape index (κ2) is 9.67. The minimum Gasteiger partial charge on any atom is -0.497 e. The normalized spacial score (nSPS) is 12.3. The number of ether oxygens (including phenoxy) is 1. The second-order valence-electron chi connectivity index (χ2n) is 7.67. The van der Waals surface area contributed by atoms with Crippen molar-refractivity contribution in [2.75, 3.05) is 19.0 Å². The number of aromatic nitrogens is 4. The molecule has 3 aromatic rings. The van der Waals surface area contributed by atoms with Gasteiger partial charge < -0.3 is 15.8 Å². The lowest BCUT2D eigenvalue weighted by molar-refractivity contribution is 0.0969. The molecule has 8 nitrogen and oxygen atoms in total. The first-order valence-electron chi connectivity index (χ1n) is 10.3. The van der Waals surface area contributed by atoms with Crippen LogP contribution >= 0.6 is 0 Å². The fourth-order valence-corrected chi connectivity index (χ4v) is 3.25. The van der Waals surface area contributed by atoms with E-state index >= 15 is 0 Å². The predicted molar refractivity (Wildman–Crippen MR) is 117 cm³/mol. The van der Waals surface area contributed by atoms with E-state index in [0.717, 1.165) is 29.7 Å². The zero-order valence-electron chi connectivity index (χ0n) is 18.1. The van der Waals surface area contributed by atoms with Crippen LogP contribution < -0.4 is 15.8 Å². The molecule has 2 heterocycles. The van der Waals surface area contributed by atoms with Gasteiger partial charge in [0.15, 0.2) is 11.4 Å². The van der Waals surface area contributed by atoms with Gasteiger partial charge in [-0.1, -0.05) is 26.0 Å². The molecule has 1 aromatic carbocycles. The van der Waals surface area contributed by atoms with Gasteiger partial charge in [-0.2, -0.15) is 14.6 Å². The van der Waals surface area contributed by atoms with Crippen molar-refractivity contribution in [2.45, 2.75) is 52.0 Å².